The molecule has 0 aliphatic carbocycles. The molecule has 2 aromatic rings. The van der Waals surface area contributed by atoms with E-state index in [-0.39, 0.29) is 16.4 Å². The molecule has 0 bridgehead atoms. The summed E-state index contributed by atoms with van der Waals surface area (Å²) in [5.41, 5.74) is 6.61. The molecule has 1 aromatic carbocycles. The maximum Gasteiger partial charge on any atom is 0.263 e. The average Bonchev–Trinajstić information content (AvgIpc) is 2.61. The molecule has 3 N–H and O–H groups in total. The van der Waals surface area contributed by atoms with Crippen LogP contribution >= 0.6 is 0 Å². The number of hydrogen-bond acceptors (Lipinski definition) is 4. The smallest absolute Gasteiger partial charge is 0.263 e. The van der Waals surface area contributed by atoms with Crippen LogP contribution < -0.4 is 10.5 Å². The van der Waals surface area contributed by atoms with Gasteiger partial charge in [0.15, 0.2) is 5.82 Å². The molecule has 6 nitrogen and oxygen atoms in total. The standard InChI is InChI=1S/C11H14N4O2S/c1-8-5-3-4-6-10(8)18(16,17)14-11-9(12)7-13-15(11)2/h3-7,14H,12H2,1-2H3. The van der Waals surface area contributed by atoms with E-state index in [0.717, 1.165) is 0 Å². The molecule has 0 unspecified atom stereocenters. The van der Waals surface area contributed by atoms with E-state index in [1.54, 1.807) is 38.2 Å². The van der Waals surface area contributed by atoms with Crippen LogP contribution in [0.1, 0.15) is 5.56 Å². The van der Waals surface area contributed by atoms with E-state index in [4.69, 9.17) is 5.73 Å². The van der Waals surface area contributed by atoms with Crippen molar-refractivity contribution in [2.75, 3.05) is 10.5 Å². The Morgan fingerprint density at radius 3 is 2.56 bits per heavy atom. The fraction of sp³-hybridized carbons (Fsp3) is 0.182. The van der Waals surface area contributed by atoms with Gasteiger partial charge in [-0.15, -0.1) is 0 Å². The molecule has 1 heterocycles. The molecular weight excluding hydrogens is 252 g/mol. The SMILES string of the molecule is Cc1ccccc1S(=O)(=O)Nc1c(N)cnn1C. The lowest BCUT2D eigenvalue weighted by atomic mass is 10.2. The molecule has 0 amide bonds. The highest BCUT2D eigenvalue weighted by Crippen LogP contribution is 2.22. The lowest BCUT2D eigenvalue weighted by molar-refractivity contribution is 0.599. The van der Waals surface area contributed by atoms with E-state index in [1.807, 2.05) is 0 Å². The third-order valence-corrected chi connectivity index (χ3v) is 4.08. The van der Waals surface area contributed by atoms with Gasteiger partial charge < -0.3 is 5.73 Å². The molecular formula is C11H14N4O2S. The summed E-state index contributed by atoms with van der Waals surface area (Å²) >= 11 is 0. The Labute approximate surface area is 105 Å². The van der Waals surface area contributed by atoms with Gasteiger partial charge in [0.2, 0.25) is 0 Å². The zero-order valence-electron chi connectivity index (χ0n) is 10.1. The number of sulfonamides is 1. The molecule has 0 atom stereocenters. The van der Waals surface area contributed by atoms with Crippen molar-refractivity contribution < 1.29 is 8.42 Å². The van der Waals surface area contributed by atoms with Crippen molar-refractivity contribution in [3.8, 4) is 0 Å². The van der Waals surface area contributed by atoms with Gasteiger partial charge in [0.1, 0.15) is 0 Å². The number of anilines is 2. The van der Waals surface area contributed by atoms with E-state index in [1.165, 1.54) is 10.9 Å². The Morgan fingerprint density at radius 2 is 2.00 bits per heavy atom. The van der Waals surface area contributed by atoms with Crippen molar-refractivity contribution in [1.29, 1.82) is 0 Å². The van der Waals surface area contributed by atoms with Gasteiger partial charge in [-0.2, -0.15) is 5.10 Å². The van der Waals surface area contributed by atoms with Gasteiger partial charge in [-0.1, -0.05) is 18.2 Å². The van der Waals surface area contributed by atoms with E-state index in [0.29, 0.717) is 5.56 Å². The minimum absolute atomic E-state index is 0.227. The van der Waals surface area contributed by atoms with Crippen LogP contribution in [-0.2, 0) is 17.1 Å². The lowest BCUT2D eigenvalue weighted by Crippen LogP contribution is -2.17. The number of nitrogen functional groups attached to an aromatic ring is 1. The summed E-state index contributed by atoms with van der Waals surface area (Å²) in [5.74, 6) is 0.262. The van der Waals surface area contributed by atoms with Gasteiger partial charge in [-0.05, 0) is 18.6 Å². The topological polar surface area (TPSA) is 90.0 Å². The van der Waals surface area contributed by atoms with Crippen LogP contribution in [0.3, 0.4) is 0 Å². The second-order valence-corrected chi connectivity index (χ2v) is 5.59. The predicted molar refractivity (Wildman–Crippen MR) is 69.6 cm³/mol. The van der Waals surface area contributed by atoms with Crippen LogP contribution in [0.5, 0.6) is 0 Å². The van der Waals surface area contributed by atoms with Gasteiger partial charge in [-0.25, -0.2) is 8.42 Å². The first-order valence-corrected chi connectivity index (χ1v) is 6.76. The van der Waals surface area contributed by atoms with Crippen molar-refractivity contribution >= 4 is 21.5 Å². The summed E-state index contributed by atoms with van der Waals surface area (Å²) in [6.45, 7) is 1.74. The molecule has 0 saturated heterocycles. The summed E-state index contributed by atoms with van der Waals surface area (Å²) in [6.07, 6.45) is 1.40. The van der Waals surface area contributed by atoms with E-state index < -0.39 is 10.0 Å². The molecule has 0 fully saturated rings. The van der Waals surface area contributed by atoms with Crippen LogP contribution in [0.2, 0.25) is 0 Å². The summed E-state index contributed by atoms with van der Waals surface area (Å²) < 4.78 is 28.3. The molecule has 0 aliphatic rings. The molecule has 96 valence electrons. The molecule has 1 aromatic heterocycles. The van der Waals surface area contributed by atoms with Crippen molar-refractivity contribution in [3.63, 3.8) is 0 Å². The van der Waals surface area contributed by atoms with Crippen LogP contribution in [0, 0.1) is 6.92 Å². The Hall–Kier alpha value is -2.02. The summed E-state index contributed by atoms with van der Waals surface area (Å²) in [7, 11) is -2.03. The molecule has 0 radical (unpaired) electrons. The highest BCUT2D eigenvalue weighted by atomic mass is 32.2. The highest BCUT2D eigenvalue weighted by Gasteiger charge is 2.19. The van der Waals surface area contributed by atoms with Crippen molar-refractivity contribution in [1.82, 2.24) is 9.78 Å². The Balaban J connectivity index is 2.43. The summed E-state index contributed by atoms with van der Waals surface area (Å²) in [4.78, 5) is 0.227. The first kappa shape index (κ1) is 12.4. The number of nitrogens with one attached hydrogen (secondary N) is 1. The van der Waals surface area contributed by atoms with E-state index in [9.17, 15) is 8.42 Å². The summed E-state index contributed by atoms with van der Waals surface area (Å²) in [6, 6.07) is 6.74. The quantitative estimate of drug-likeness (QED) is 0.870. The second-order valence-electron chi connectivity index (χ2n) is 3.94. The number of rotatable bonds is 3. The fourth-order valence-electron chi connectivity index (χ4n) is 1.62. The molecule has 0 saturated carbocycles. The maximum absolute atomic E-state index is 12.2. The van der Waals surface area contributed by atoms with Crippen LogP contribution in [-0.4, -0.2) is 18.2 Å². The fourth-order valence-corrected chi connectivity index (χ4v) is 2.98. The number of aromatic nitrogens is 2. The van der Waals surface area contributed by atoms with Crippen LogP contribution in [0.4, 0.5) is 11.5 Å². The minimum atomic E-state index is -3.65. The summed E-state index contributed by atoms with van der Waals surface area (Å²) in [5, 5.41) is 3.88. The van der Waals surface area contributed by atoms with Crippen LogP contribution in [0.15, 0.2) is 35.4 Å². The van der Waals surface area contributed by atoms with Gasteiger partial charge in [0.25, 0.3) is 10.0 Å². The number of aryl methyl sites for hydroxylation is 2. The third kappa shape index (κ3) is 2.17. The number of hydrogen-bond donors (Lipinski definition) is 2. The number of nitrogens with two attached hydrogens (primary N) is 1. The van der Waals surface area contributed by atoms with Crippen LogP contribution in [0.25, 0.3) is 0 Å². The predicted octanol–water partition coefficient (Wildman–Crippen LogP) is 1.11. The van der Waals surface area contributed by atoms with E-state index >= 15 is 0 Å². The first-order valence-electron chi connectivity index (χ1n) is 5.28. The van der Waals surface area contributed by atoms with E-state index in [2.05, 4.69) is 9.82 Å². The highest BCUT2D eigenvalue weighted by molar-refractivity contribution is 7.92. The van der Waals surface area contributed by atoms with Crippen molar-refractivity contribution in [2.24, 2.45) is 7.05 Å². The number of benzene rings is 1. The third-order valence-electron chi connectivity index (χ3n) is 2.58. The molecule has 0 spiro atoms. The van der Waals surface area contributed by atoms with Crippen molar-refractivity contribution in [3.05, 3.63) is 36.0 Å². The van der Waals surface area contributed by atoms with Crippen molar-refractivity contribution in [2.45, 2.75) is 11.8 Å². The minimum Gasteiger partial charge on any atom is -0.394 e. The first-order chi connectivity index (χ1) is 8.42. The largest absolute Gasteiger partial charge is 0.394 e. The normalized spacial score (nSPS) is 11.4. The Bertz CT molecular complexity index is 657. The molecule has 2 rings (SSSR count). The monoisotopic (exact) mass is 266 g/mol. The Kier molecular flexibility index (Phi) is 3.00. The zero-order chi connectivity index (χ0) is 13.3. The zero-order valence-corrected chi connectivity index (χ0v) is 10.9. The second kappa shape index (κ2) is 4.34. The van der Waals surface area contributed by atoms with Gasteiger partial charge >= 0.3 is 0 Å². The molecule has 7 heteroatoms. The Morgan fingerprint density at radius 1 is 1.33 bits per heavy atom. The average molecular weight is 266 g/mol. The molecule has 18 heavy (non-hydrogen) atoms. The molecule has 0 aliphatic heterocycles. The number of nitrogens with zero attached hydrogens (tertiary/aromatic N) is 2. The lowest BCUT2D eigenvalue weighted by Gasteiger charge is -2.10. The van der Waals surface area contributed by atoms with Gasteiger partial charge in [-0.3, -0.25) is 9.40 Å². The maximum atomic E-state index is 12.2. The van der Waals surface area contributed by atoms with Gasteiger partial charge in [0, 0.05) is 7.05 Å². The van der Waals surface area contributed by atoms with Gasteiger partial charge in [0.05, 0.1) is 16.8 Å².